The Bertz CT molecular complexity index is 1880. The summed E-state index contributed by atoms with van der Waals surface area (Å²) in [7, 11) is -1.23. The molecule has 0 aliphatic carbocycles. The largest absolute Gasteiger partial charge is 0.459 e. The van der Waals surface area contributed by atoms with Crippen LogP contribution in [0.5, 0.6) is 0 Å². The highest BCUT2D eigenvalue weighted by molar-refractivity contribution is 7.99. The van der Waals surface area contributed by atoms with Crippen molar-refractivity contribution in [3.05, 3.63) is 29.3 Å². The number of β-amino-alcohol motifs (C(OH)–C–C–N with tert-alkyl or cyclic N) is 1. The first-order chi connectivity index (χ1) is 31.1. The molecule has 0 spiro atoms. The zero-order valence-electron chi connectivity index (χ0n) is 41.5. The molecule has 18 atom stereocenters. The average Bonchev–Trinajstić information content (AvgIpc) is 3.27. The maximum absolute atomic E-state index is 14.6. The lowest BCUT2D eigenvalue weighted by Gasteiger charge is -2.55. The molecule has 5 rings (SSSR count). The predicted molar refractivity (Wildman–Crippen MR) is 255 cm³/mol. The fourth-order valence-corrected chi connectivity index (χ4v) is 13.1. The Kier molecular flexibility index (Phi) is 19.2. The van der Waals surface area contributed by atoms with E-state index in [1.807, 2.05) is 25.6 Å². The van der Waals surface area contributed by atoms with Gasteiger partial charge in [-0.15, -0.1) is 0 Å². The van der Waals surface area contributed by atoms with Crippen molar-refractivity contribution in [1.29, 1.82) is 0 Å². The van der Waals surface area contributed by atoms with Crippen molar-refractivity contribution in [3.8, 4) is 0 Å². The van der Waals surface area contributed by atoms with Crippen LogP contribution < -0.4 is 5.32 Å². The van der Waals surface area contributed by atoms with Crippen molar-refractivity contribution in [3.63, 3.8) is 0 Å². The van der Waals surface area contributed by atoms with Crippen molar-refractivity contribution in [1.82, 2.24) is 14.5 Å². The van der Waals surface area contributed by atoms with Gasteiger partial charge in [0.25, 0.3) is 0 Å². The summed E-state index contributed by atoms with van der Waals surface area (Å²) in [6.45, 7) is 19.2. The van der Waals surface area contributed by atoms with Gasteiger partial charge >= 0.3 is 5.97 Å². The highest BCUT2D eigenvalue weighted by Gasteiger charge is 2.59. The number of thioether (sulfide) groups is 1. The van der Waals surface area contributed by atoms with Crippen molar-refractivity contribution < 1.29 is 67.2 Å². The molecule has 0 unspecified atom stereocenters. The molecule has 4 aliphatic rings. The van der Waals surface area contributed by atoms with Crippen LogP contribution in [0, 0.1) is 17.8 Å². The summed E-state index contributed by atoms with van der Waals surface area (Å²) in [5.41, 5.74) is -6.29. The predicted octanol–water partition coefficient (Wildman–Crippen LogP) is 3.39. The number of aliphatic hydroxyl groups is 5. The number of likely N-dealkylation sites (N-methyl/N-ethyl adjacent to an activating group) is 1. The first-order valence-electron chi connectivity index (χ1n) is 23.8. The van der Waals surface area contributed by atoms with Gasteiger partial charge in [0.15, 0.2) is 12.6 Å². The Morgan fingerprint density at radius 1 is 0.970 bits per heavy atom. The number of rotatable bonds is 11. The standard InChI is InChI=1S/C47H80ClN3O14S2/c1-13-36-46(10,56)40(53)31(6)49-25-27(2)23-44(8,55)41(65-43-38(52)35(22-28(3)61-43)50(11)67(58,59)34-16-14-33(48)15-17-34)29(4)39(30(5)42(54)63-36)64-37-24-45(9,60-12)47(57,32(7)62-37)26-51-18-20-66-21-19-51/h14-17,27-32,35-41,43,49,52-53,55-57H,13,18-26H2,1-12H3/t27-,28-,29+,30-,31-,32+,35+,36-,37+,38-,39+,40-,41-,43+,44-,45-,46-,47+/m1/s1. The number of halogens is 1. The number of methoxy groups -OCH3 is 1. The first-order valence-corrected chi connectivity index (χ1v) is 26.8. The molecule has 17 nitrogen and oxygen atoms in total. The van der Waals surface area contributed by atoms with Gasteiger partial charge in [-0.3, -0.25) is 9.69 Å². The van der Waals surface area contributed by atoms with Crippen LogP contribution >= 0.6 is 23.4 Å². The van der Waals surface area contributed by atoms with Crippen LogP contribution in [-0.4, -0.2) is 191 Å². The van der Waals surface area contributed by atoms with E-state index in [1.165, 1.54) is 45.3 Å². The number of sulfonamides is 1. The molecule has 20 heteroatoms. The van der Waals surface area contributed by atoms with Gasteiger partial charge in [0.1, 0.15) is 35.1 Å². The van der Waals surface area contributed by atoms with Gasteiger partial charge in [-0.25, -0.2) is 8.42 Å². The van der Waals surface area contributed by atoms with Crippen molar-refractivity contribution in [2.24, 2.45) is 17.8 Å². The minimum atomic E-state index is -4.15. The van der Waals surface area contributed by atoms with Crippen molar-refractivity contribution in [2.75, 3.05) is 51.8 Å². The second-order valence-corrected chi connectivity index (χ2v) is 24.1. The van der Waals surface area contributed by atoms with Crippen LogP contribution in [0.15, 0.2) is 29.2 Å². The zero-order chi connectivity index (χ0) is 50.0. The number of hydrogen-bond acceptors (Lipinski definition) is 17. The third-order valence-electron chi connectivity index (χ3n) is 15.1. The molecule has 4 aliphatic heterocycles. The molecule has 0 aromatic heterocycles. The maximum atomic E-state index is 14.6. The Hall–Kier alpha value is -1.24. The smallest absolute Gasteiger partial charge is 0.311 e. The molecule has 0 saturated carbocycles. The van der Waals surface area contributed by atoms with E-state index in [0.29, 0.717) is 11.6 Å². The Morgan fingerprint density at radius 3 is 2.19 bits per heavy atom. The summed E-state index contributed by atoms with van der Waals surface area (Å²) < 4.78 is 67.8. The van der Waals surface area contributed by atoms with Crippen LogP contribution in [-0.2, 0) is 43.2 Å². The number of nitrogens with zero attached hydrogens (tertiary/aromatic N) is 2. The molecule has 0 radical (unpaired) electrons. The van der Waals surface area contributed by atoms with Crippen LogP contribution in [0.3, 0.4) is 0 Å². The SMILES string of the molecule is CC[C@H]1OC(=O)[C@H](C)[C@@H](O[C@H]2C[C@@](C)(OC)[C@](O)(CN3CCSCC3)[C@H](C)O2)[C@H](C)[C@@H](O[C@@H]2O[C@H](C)C[C@H](N(C)S(=O)(=O)c3ccc(Cl)cc3)[C@H]2O)[C@](C)(O)C[C@@H](C)CN[C@H](C)[C@@H](O)[C@]1(C)O. The molecule has 67 heavy (non-hydrogen) atoms. The number of aliphatic hydroxyl groups excluding tert-OH is 2. The molecular weight excluding hydrogens is 930 g/mol. The molecular formula is C47H80ClN3O14S2. The summed E-state index contributed by atoms with van der Waals surface area (Å²) in [4.78, 5) is 16.7. The van der Waals surface area contributed by atoms with Gasteiger partial charge in [-0.2, -0.15) is 16.1 Å². The third-order valence-corrected chi connectivity index (χ3v) is 18.1. The second kappa shape index (κ2) is 22.7. The van der Waals surface area contributed by atoms with E-state index in [-0.39, 0.29) is 43.0 Å². The fourth-order valence-electron chi connectivity index (χ4n) is 10.6. The number of ether oxygens (including phenoxy) is 6. The number of carbonyl (C=O) groups is 1. The molecule has 1 aromatic rings. The van der Waals surface area contributed by atoms with E-state index in [0.717, 1.165) is 28.9 Å². The molecule has 0 amide bonds. The van der Waals surface area contributed by atoms with Gasteiger partial charge in [-0.1, -0.05) is 32.4 Å². The molecule has 1 aromatic carbocycles. The van der Waals surface area contributed by atoms with E-state index in [1.54, 1.807) is 48.5 Å². The van der Waals surface area contributed by atoms with E-state index in [2.05, 4.69) is 10.2 Å². The molecule has 6 N–H and O–H groups in total. The lowest BCUT2D eigenvalue weighted by molar-refractivity contribution is -0.339. The lowest BCUT2D eigenvalue weighted by Crippen LogP contribution is -2.70. The highest BCUT2D eigenvalue weighted by Crippen LogP contribution is 2.44. The van der Waals surface area contributed by atoms with Crippen LogP contribution in [0.1, 0.15) is 94.9 Å². The summed E-state index contributed by atoms with van der Waals surface area (Å²) in [6.07, 6.45) is -10.1. The van der Waals surface area contributed by atoms with Crippen molar-refractivity contribution >= 4 is 39.4 Å². The minimum Gasteiger partial charge on any atom is -0.459 e. The quantitative estimate of drug-likeness (QED) is 0.175. The first kappa shape index (κ1) is 56.7. The fraction of sp³-hybridized carbons (Fsp3) is 0.851. The normalized spacial score (nSPS) is 43.8. The Balaban J connectivity index is 1.56. The number of hydrogen-bond donors (Lipinski definition) is 6. The van der Waals surface area contributed by atoms with E-state index >= 15 is 0 Å². The molecule has 386 valence electrons. The summed E-state index contributed by atoms with van der Waals surface area (Å²) in [6, 6.07) is 4.03. The summed E-state index contributed by atoms with van der Waals surface area (Å²) in [5, 5.41) is 64.3. The van der Waals surface area contributed by atoms with Crippen molar-refractivity contribution in [2.45, 2.75) is 190 Å². The maximum Gasteiger partial charge on any atom is 0.311 e. The molecule has 4 heterocycles. The monoisotopic (exact) mass is 1010 g/mol. The number of nitrogens with one attached hydrogen (secondary N) is 1. The van der Waals surface area contributed by atoms with Gasteiger partial charge in [0.05, 0.1) is 46.9 Å². The van der Waals surface area contributed by atoms with Crippen LogP contribution in [0.25, 0.3) is 0 Å². The highest BCUT2D eigenvalue weighted by atomic mass is 35.5. The molecule has 4 saturated heterocycles. The Labute approximate surface area is 407 Å². The van der Waals surface area contributed by atoms with E-state index < -0.39 is 118 Å². The summed E-state index contributed by atoms with van der Waals surface area (Å²) >= 11 is 7.93. The third kappa shape index (κ3) is 12.5. The Morgan fingerprint density at radius 2 is 1.60 bits per heavy atom. The molecule has 0 bridgehead atoms. The zero-order valence-corrected chi connectivity index (χ0v) is 43.9. The molecule has 4 fully saturated rings. The second-order valence-electron chi connectivity index (χ2n) is 20.4. The van der Waals surface area contributed by atoms with Crippen LogP contribution in [0.2, 0.25) is 5.02 Å². The van der Waals surface area contributed by atoms with E-state index in [4.69, 9.17) is 40.0 Å². The van der Waals surface area contributed by atoms with Crippen LogP contribution in [0.4, 0.5) is 0 Å². The van der Waals surface area contributed by atoms with Gasteiger partial charge < -0.3 is 59.3 Å². The van der Waals surface area contributed by atoms with E-state index in [9.17, 15) is 38.7 Å². The summed E-state index contributed by atoms with van der Waals surface area (Å²) in [5.74, 6) is -1.26. The lowest BCUT2D eigenvalue weighted by atomic mass is 9.74. The number of cyclic esters (lactones) is 1. The average molecular weight is 1010 g/mol. The van der Waals surface area contributed by atoms with Gasteiger partial charge in [0.2, 0.25) is 10.0 Å². The number of esters is 1. The topological polar surface area (TPSA) is 226 Å². The minimum absolute atomic E-state index is 0.0217. The number of benzene rings is 1. The van der Waals surface area contributed by atoms with Gasteiger partial charge in [-0.05, 0) is 104 Å². The number of carbonyl (C=O) groups excluding carboxylic acids is 1. The van der Waals surface area contributed by atoms with Gasteiger partial charge in [0, 0.05) is 68.7 Å².